The third-order valence-corrected chi connectivity index (χ3v) is 4.97. The van der Waals surface area contributed by atoms with Gasteiger partial charge in [-0.05, 0) is 18.9 Å². The second-order valence-corrected chi connectivity index (χ2v) is 7.80. The number of benzene rings is 1. The molecule has 7 nitrogen and oxygen atoms in total. The van der Waals surface area contributed by atoms with Crippen LogP contribution in [0, 0.1) is 5.92 Å². The van der Waals surface area contributed by atoms with Gasteiger partial charge in [0.1, 0.15) is 0 Å². The van der Waals surface area contributed by atoms with E-state index in [9.17, 15) is 4.79 Å². The molecule has 1 aromatic heterocycles. The summed E-state index contributed by atoms with van der Waals surface area (Å²) in [4.78, 5) is 18.8. The number of carbonyl (C=O) groups excluding carboxylic acids is 1. The van der Waals surface area contributed by atoms with Crippen LogP contribution in [0.3, 0.4) is 0 Å². The van der Waals surface area contributed by atoms with E-state index in [1.807, 2.05) is 54.0 Å². The normalized spacial score (nSPS) is 17.0. The second kappa shape index (κ2) is 10.1. The molecule has 1 amide bonds. The molecule has 1 unspecified atom stereocenters. The molecular weight excluding hydrogens is 364 g/mol. The van der Waals surface area contributed by atoms with Gasteiger partial charge < -0.3 is 15.5 Å². The Balaban J connectivity index is 1.55. The zero-order valence-electron chi connectivity index (χ0n) is 17.6. The predicted octanol–water partition coefficient (Wildman–Crippen LogP) is 2.24. The monoisotopic (exact) mass is 396 g/mol. The van der Waals surface area contributed by atoms with Gasteiger partial charge in [0.2, 0.25) is 5.91 Å². The minimum Gasteiger partial charge on any atom is -0.357 e. The molecule has 0 spiro atoms. The molecule has 1 aliphatic rings. The lowest BCUT2D eigenvalue weighted by Crippen LogP contribution is -2.45. The number of amides is 1. The lowest BCUT2D eigenvalue weighted by atomic mass is 10.2. The van der Waals surface area contributed by atoms with E-state index < -0.39 is 0 Å². The fourth-order valence-electron chi connectivity index (χ4n) is 3.47. The van der Waals surface area contributed by atoms with Crippen molar-refractivity contribution in [2.75, 3.05) is 19.6 Å². The average Bonchev–Trinajstić information content (AvgIpc) is 3.36. The number of aliphatic imine (C=N–C) groups is 1. The smallest absolute Gasteiger partial charge is 0.225 e. The highest BCUT2D eigenvalue weighted by molar-refractivity contribution is 5.81. The molecule has 0 radical (unpaired) electrons. The maximum Gasteiger partial charge on any atom is 0.225 e. The summed E-state index contributed by atoms with van der Waals surface area (Å²) in [5, 5.41) is 11.2. The van der Waals surface area contributed by atoms with E-state index in [1.165, 1.54) is 5.56 Å². The van der Waals surface area contributed by atoms with Gasteiger partial charge in [0.25, 0.3) is 0 Å². The van der Waals surface area contributed by atoms with Gasteiger partial charge in [-0.25, -0.2) is 4.99 Å². The SMILES string of the molecule is CCNC(=NCc1cnn(Cc2ccccc2)c1)NC1CCN(C(=O)C(C)C)C1. The number of hydrogen-bond donors (Lipinski definition) is 2. The van der Waals surface area contributed by atoms with Crippen LogP contribution in [0.15, 0.2) is 47.7 Å². The molecule has 1 atom stereocenters. The van der Waals surface area contributed by atoms with Crippen molar-refractivity contribution in [3.05, 3.63) is 53.9 Å². The van der Waals surface area contributed by atoms with Crippen molar-refractivity contribution < 1.29 is 4.79 Å². The summed E-state index contributed by atoms with van der Waals surface area (Å²) in [6.45, 7) is 9.60. The van der Waals surface area contributed by atoms with Crippen molar-refractivity contribution in [1.82, 2.24) is 25.3 Å². The fourth-order valence-corrected chi connectivity index (χ4v) is 3.47. The lowest BCUT2D eigenvalue weighted by Gasteiger charge is -2.20. The Morgan fingerprint density at radius 2 is 2.07 bits per heavy atom. The summed E-state index contributed by atoms with van der Waals surface area (Å²) < 4.78 is 1.94. The highest BCUT2D eigenvalue weighted by Gasteiger charge is 2.27. The van der Waals surface area contributed by atoms with Crippen LogP contribution in [0.25, 0.3) is 0 Å². The Bertz CT molecular complexity index is 814. The summed E-state index contributed by atoms with van der Waals surface area (Å²) in [5.74, 6) is 1.05. The van der Waals surface area contributed by atoms with Crippen molar-refractivity contribution in [1.29, 1.82) is 0 Å². The van der Waals surface area contributed by atoms with Gasteiger partial charge in [-0.1, -0.05) is 44.2 Å². The van der Waals surface area contributed by atoms with Gasteiger partial charge in [0, 0.05) is 43.4 Å². The van der Waals surface area contributed by atoms with Crippen LogP contribution in [-0.2, 0) is 17.9 Å². The van der Waals surface area contributed by atoms with Crippen LogP contribution in [0.5, 0.6) is 0 Å². The van der Waals surface area contributed by atoms with Crippen LogP contribution < -0.4 is 10.6 Å². The summed E-state index contributed by atoms with van der Waals surface area (Å²) in [6, 6.07) is 10.5. The summed E-state index contributed by atoms with van der Waals surface area (Å²) in [7, 11) is 0. The number of aromatic nitrogens is 2. The molecule has 2 aromatic rings. The molecule has 0 bridgehead atoms. The van der Waals surface area contributed by atoms with E-state index in [-0.39, 0.29) is 17.9 Å². The first-order chi connectivity index (χ1) is 14.0. The maximum absolute atomic E-state index is 12.2. The van der Waals surface area contributed by atoms with E-state index in [0.29, 0.717) is 6.54 Å². The molecule has 1 aliphatic heterocycles. The highest BCUT2D eigenvalue weighted by Crippen LogP contribution is 2.13. The number of likely N-dealkylation sites (tertiary alicyclic amines) is 1. The van der Waals surface area contributed by atoms with Crippen LogP contribution >= 0.6 is 0 Å². The van der Waals surface area contributed by atoms with Gasteiger partial charge in [-0.2, -0.15) is 5.10 Å². The van der Waals surface area contributed by atoms with Crippen molar-refractivity contribution >= 4 is 11.9 Å². The predicted molar refractivity (Wildman–Crippen MR) is 116 cm³/mol. The summed E-state index contributed by atoms with van der Waals surface area (Å²) in [6.07, 6.45) is 4.85. The molecule has 1 aromatic carbocycles. The Labute approximate surface area is 173 Å². The number of nitrogens with zero attached hydrogens (tertiary/aromatic N) is 4. The van der Waals surface area contributed by atoms with E-state index in [2.05, 4.69) is 34.8 Å². The zero-order valence-corrected chi connectivity index (χ0v) is 17.6. The van der Waals surface area contributed by atoms with Gasteiger partial charge in [-0.15, -0.1) is 0 Å². The Morgan fingerprint density at radius 1 is 1.28 bits per heavy atom. The molecular formula is C22H32N6O. The third kappa shape index (κ3) is 6.07. The lowest BCUT2D eigenvalue weighted by molar-refractivity contribution is -0.133. The molecule has 2 N–H and O–H groups in total. The zero-order chi connectivity index (χ0) is 20.6. The Kier molecular flexibility index (Phi) is 7.27. The van der Waals surface area contributed by atoms with Crippen LogP contribution in [0.4, 0.5) is 0 Å². The number of hydrogen-bond acceptors (Lipinski definition) is 3. The molecule has 3 rings (SSSR count). The van der Waals surface area contributed by atoms with E-state index >= 15 is 0 Å². The van der Waals surface area contributed by atoms with Crippen molar-refractivity contribution in [3.8, 4) is 0 Å². The van der Waals surface area contributed by atoms with E-state index in [1.54, 1.807) is 0 Å². The van der Waals surface area contributed by atoms with E-state index in [4.69, 9.17) is 4.99 Å². The summed E-state index contributed by atoms with van der Waals surface area (Å²) >= 11 is 0. The van der Waals surface area contributed by atoms with Crippen LogP contribution in [-0.4, -0.2) is 52.2 Å². The van der Waals surface area contributed by atoms with Crippen LogP contribution in [0.1, 0.15) is 38.3 Å². The number of nitrogens with one attached hydrogen (secondary N) is 2. The first-order valence-electron chi connectivity index (χ1n) is 10.4. The van der Waals surface area contributed by atoms with Gasteiger partial charge in [0.15, 0.2) is 5.96 Å². The molecule has 7 heteroatoms. The quantitative estimate of drug-likeness (QED) is 0.556. The number of carbonyl (C=O) groups is 1. The number of rotatable bonds is 7. The van der Waals surface area contributed by atoms with Gasteiger partial charge in [0.05, 0.1) is 19.3 Å². The molecule has 1 saturated heterocycles. The fraction of sp³-hybridized carbons (Fsp3) is 0.500. The molecule has 1 fully saturated rings. The van der Waals surface area contributed by atoms with Crippen LogP contribution in [0.2, 0.25) is 0 Å². The minimum absolute atomic E-state index is 0.0445. The third-order valence-electron chi connectivity index (χ3n) is 4.97. The number of guanidine groups is 1. The standard InChI is InChI=1S/C22H32N6O/c1-4-23-22(26-20-10-11-27(16-20)21(29)17(2)3)24-12-19-13-25-28(15-19)14-18-8-6-5-7-9-18/h5-9,13,15,17,20H,4,10-12,14,16H2,1-3H3,(H2,23,24,26). The first-order valence-corrected chi connectivity index (χ1v) is 10.4. The summed E-state index contributed by atoms with van der Waals surface area (Å²) in [5.41, 5.74) is 2.29. The molecule has 156 valence electrons. The van der Waals surface area contributed by atoms with Gasteiger partial charge >= 0.3 is 0 Å². The van der Waals surface area contributed by atoms with Crippen molar-refractivity contribution in [2.45, 2.75) is 46.3 Å². The second-order valence-electron chi connectivity index (χ2n) is 7.80. The average molecular weight is 397 g/mol. The topological polar surface area (TPSA) is 74.6 Å². The maximum atomic E-state index is 12.2. The molecule has 29 heavy (non-hydrogen) atoms. The minimum atomic E-state index is 0.0445. The highest BCUT2D eigenvalue weighted by atomic mass is 16.2. The Morgan fingerprint density at radius 3 is 2.79 bits per heavy atom. The molecule has 0 saturated carbocycles. The largest absolute Gasteiger partial charge is 0.357 e. The van der Waals surface area contributed by atoms with Crippen molar-refractivity contribution in [2.24, 2.45) is 10.9 Å². The van der Waals surface area contributed by atoms with Gasteiger partial charge in [-0.3, -0.25) is 9.48 Å². The Hall–Kier alpha value is -2.83. The first kappa shape index (κ1) is 20.9. The van der Waals surface area contributed by atoms with Crippen molar-refractivity contribution in [3.63, 3.8) is 0 Å². The molecule has 2 heterocycles. The van der Waals surface area contributed by atoms with E-state index in [0.717, 1.165) is 44.1 Å². The molecule has 0 aliphatic carbocycles.